The lowest BCUT2D eigenvalue weighted by Crippen LogP contribution is -2.46. The van der Waals surface area contributed by atoms with Crippen molar-refractivity contribution in [3.8, 4) is 0 Å². The lowest BCUT2D eigenvalue weighted by atomic mass is 10.3. The molecule has 0 saturated carbocycles. The van der Waals surface area contributed by atoms with Crippen molar-refractivity contribution in [1.29, 1.82) is 0 Å². The number of amidine groups is 1. The molecule has 0 amide bonds. The average molecular weight is 323 g/mol. The predicted octanol–water partition coefficient (Wildman–Crippen LogP) is 1.84. The molecular weight excluding hydrogens is 307 g/mol. The van der Waals surface area contributed by atoms with Gasteiger partial charge in [0.15, 0.2) is 10.9 Å². The second-order valence-corrected chi connectivity index (χ2v) is 4.87. The van der Waals surface area contributed by atoms with Gasteiger partial charge in [-0.1, -0.05) is 11.8 Å². The van der Waals surface area contributed by atoms with Crippen LogP contribution < -0.4 is 5.32 Å². The van der Waals surface area contributed by atoms with E-state index in [9.17, 15) is 0 Å². The first-order valence-electron chi connectivity index (χ1n) is 5.70. The van der Waals surface area contributed by atoms with E-state index >= 15 is 0 Å². The summed E-state index contributed by atoms with van der Waals surface area (Å²) in [7, 11) is 0. The fraction of sp³-hybridized carbons (Fsp3) is 0.455. The molecule has 3 rings (SSSR count). The summed E-state index contributed by atoms with van der Waals surface area (Å²) in [5, 5.41) is 12.9. The minimum Gasteiger partial charge on any atom is -0.463 e. The first-order valence-corrected chi connectivity index (χ1v) is 6.69. The molecule has 0 atom stereocenters. The van der Waals surface area contributed by atoms with E-state index < -0.39 is 0 Å². The summed E-state index contributed by atoms with van der Waals surface area (Å²) in [4.78, 5) is 2.28. The molecule has 0 aromatic carbocycles. The Balaban J connectivity index is 0.000000902. The molecule has 2 aliphatic rings. The zero-order chi connectivity index (χ0) is 11.5. The molecular formula is C11H16Cl2N4OS. The molecule has 0 unspecified atom stereocenters. The highest BCUT2D eigenvalue weighted by molar-refractivity contribution is 8.14. The van der Waals surface area contributed by atoms with E-state index in [0.29, 0.717) is 0 Å². The molecule has 0 aliphatic carbocycles. The molecule has 2 aliphatic heterocycles. The van der Waals surface area contributed by atoms with Crippen molar-refractivity contribution in [3.63, 3.8) is 0 Å². The monoisotopic (exact) mass is 322 g/mol. The summed E-state index contributed by atoms with van der Waals surface area (Å²) in [5.41, 5.74) is 0.916. The van der Waals surface area contributed by atoms with Crippen LogP contribution in [0.5, 0.6) is 0 Å². The number of hydrogen-bond acceptors (Lipinski definition) is 6. The molecule has 1 saturated heterocycles. The Bertz CT molecular complexity index is 444. The van der Waals surface area contributed by atoms with Crippen molar-refractivity contribution < 1.29 is 4.42 Å². The van der Waals surface area contributed by atoms with Crippen LogP contribution in [0.15, 0.2) is 33.0 Å². The third kappa shape index (κ3) is 3.89. The standard InChI is InChI=1S/C11H14N4OS.2ClH/c1-2-10(16-7-1)9-8-17-11(14-13-9)15-5-3-12-4-6-15;;/h1-2,7,12H,3-6,8H2;2*1H. The first-order chi connectivity index (χ1) is 8.43. The molecule has 0 spiro atoms. The highest BCUT2D eigenvalue weighted by Gasteiger charge is 2.20. The number of thioether (sulfide) groups is 1. The first kappa shape index (κ1) is 16.4. The third-order valence-corrected chi connectivity index (χ3v) is 3.80. The average Bonchev–Trinajstić information content (AvgIpc) is 2.94. The van der Waals surface area contributed by atoms with E-state index in [-0.39, 0.29) is 24.8 Å². The van der Waals surface area contributed by atoms with E-state index in [4.69, 9.17) is 4.42 Å². The molecule has 0 radical (unpaired) electrons. The number of nitrogens with zero attached hydrogens (tertiary/aromatic N) is 3. The van der Waals surface area contributed by atoms with Crippen molar-refractivity contribution in [3.05, 3.63) is 24.2 Å². The fourth-order valence-corrected chi connectivity index (χ4v) is 2.80. The van der Waals surface area contributed by atoms with Gasteiger partial charge in [0, 0.05) is 31.9 Å². The van der Waals surface area contributed by atoms with E-state index in [0.717, 1.165) is 48.6 Å². The van der Waals surface area contributed by atoms with Gasteiger partial charge < -0.3 is 14.6 Å². The molecule has 1 aromatic rings. The molecule has 1 N–H and O–H groups in total. The molecule has 1 aromatic heterocycles. The Kier molecular flexibility index (Phi) is 6.71. The molecule has 0 bridgehead atoms. The van der Waals surface area contributed by atoms with Gasteiger partial charge in [-0.25, -0.2) is 0 Å². The molecule has 106 valence electrons. The van der Waals surface area contributed by atoms with Gasteiger partial charge in [-0.15, -0.1) is 35.0 Å². The quantitative estimate of drug-likeness (QED) is 0.857. The number of nitrogens with one attached hydrogen (secondary N) is 1. The second kappa shape index (κ2) is 7.79. The van der Waals surface area contributed by atoms with Crippen LogP contribution in [0.3, 0.4) is 0 Å². The molecule has 19 heavy (non-hydrogen) atoms. The van der Waals surface area contributed by atoms with Gasteiger partial charge in [0.1, 0.15) is 5.71 Å². The summed E-state index contributed by atoms with van der Waals surface area (Å²) in [6, 6.07) is 3.79. The van der Waals surface area contributed by atoms with Crippen LogP contribution in [0.25, 0.3) is 0 Å². The van der Waals surface area contributed by atoms with E-state index in [1.54, 1.807) is 18.0 Å². The number of halogens is 2. The predicted molar refractivity (Wildman–Crippen MR) is 84.1 cm³/mol. The molecule has 8 heteroatoms. The maximum Gasteiger partial charge on any atom is 0.186 e. The van der Waals surface area contributed by atoms with E-state index in [1.807, 2.05) is 12.1 Å². The third-order valence-electron chi connectivity index (χ3n) is 2.79. The Hall–Kier alpha value is -0.690. The van der Waals surface area contributed by atoms with Crippen molar-refractivity contribution in [1.82, 2.24) is 10.2 Å². The van der Waals surface area contributed by atoms with Gasteiger partial charge in [-0.05, 0) is 12.1 Å². The topological polar surface area (TPSA) is 53.1 Å². The van der Waals surface area contributed by atoms with Gasteiger partial charge in [-0.3, -0.25) is 0 Å². The number of piperazine rings is 1. The zero-order valence-corrected chi connectivity index (χ0v) is 12.7. The summed E-state index contributed by atoms with van der Waals surface area (Å²) in [6.45, 7) is 4.07. The summed E-state index contributed by atoms with van der Waals surface area (Å²) >= 11 is 1.73. The minimum atomic E-state index is 0. The number of rotatable bonds is 1. The van der Waals surface area contributed by atoms with Crippen LogP contribution in [-0.2, 0) is 0 Å². The van der Waals surface area contributed by atoms with Crippen LogP contribution in [-0.4, -0.2) is 47.7 Å². The van der Waals surface area contributed by atoms with Gasteiger partial charge in [0.05, 0.1) is 6.26 Å². The Morgan fingerprint density at radius 2 is 2.00 bits per heavy atom. The summed E-state index contributed by atoms with van der Waals surface area (Å²) in [5.74, 6) is 1.65. The lowest BCUT2D eigenvalue weighted by Gasteiger charge is -2.30. The SMILES string of the molecule is Cl.Cl.c1coc(C2=NN=C(N3CCNCC3)SC2)c1. The normalized spacial score (nSPS) is 18.8. The second-order valence-electron chi connectivity index (χ2n) is 3.93. The van der Waals surface area contributed by atoms with Crippen LogP contribution in [0.1, 0.15) is 5.76 Å². The van der Waals surface area contributed by atoms with Crippen LogP contribution in [0.4, 0.5) is 0 Å². The van der Waals surface area contributed by atoms with Crippen molar-refractivity contribution in [2.45, 2.75) is 0 Å². The van der Waals surface area contributed by atoms with Gasteiger partial charge >= 0.3 is 0 Å². The number of hydrogen-bond donors (Lipinski definition) is 1. The smallest absolute Gasteiger partial charge is 0.186 e. The van der Waals surface area contributed by atoms with Crippen molar-refractivity contribution in [2.24, 2.45) is 10.2 Å². The van der Waals surface area contributed by atoms with Gasteiger partial charge in [-0.2, -0.15) is 0 Å². The van der Waals surface area contributed by atoms with Crippen LogP contribution in [0, 0.1) is 0 Å². The zero-order valence-electron chi connectivity index (χ0n) is 10.2. The van der Waals surface area contributed by atoms with Crippen LogP contribution >= 0.6 is 36.6 Å². The highest BCUT2D eigenvalue weighted by Crippen LogP contribution is 2.18. The minimum absolute atomic E-state index is 0. The van der Waals surface area contributed by atoms with Gasteiger partial charge in [0.25, 0.3) is 0 Å². The highest BCUT2D eigenvalue weighted by atomic mass is 35.5. The maximum absolute atomic E-state index is 5.32. The largest absolute Gasteiger partial charge is 0.463 e. The molecule has 3 heterocycles. The lowest BCUT2D eigenvalue weighted by molar-refractivity contribution is 0.362. The van der Waals surface area contributed by atoms with Gasteiger partial charge in [0.2, 0.25) is 0 Å². The van der Waals surface area contributed by atoms with E-state index in [1.165, 1.54) is 0 Å². The van der Waals surface area contributed by atoms with E-state index in [2.05, 4.69) is 20.4 Å². The maximum atomic E-state index is 5.32. The molecule has 1 fully saturated rings. The summed E-state index contributed by atoms with van der Waals surface area (Å²) < 4.78 is 5.32. The Morgan fingerprint density at radius 3 is 2.58 bits per heavy atom. The number of furan rings is 1. The summed E-state index contributed by atoms with van der Waals surface area (Å²) in [6.07, 6.45) is 1.66. The van der Waals surface area contributed by atoms with Crippen LogP contribution in [0.2, 0.25) is 0 Å². The Morgan fingerprint density at radius 1 is 1.21 bits per heavy atom. The fourth-order valence-electron chi connectivity index (χ4n) is 1.87. The Labute approximate surface area is 128 Å². The molecule has 5 nitrogen and oxygen atoms in total. The van der Waals surface area contributed by atoms with Crippen molar-refractivity contribution >= 4 is 47.5 Å². The van der Waals surface area contributed by atoms with Crippen molar-refractivity contribution in [2.75, 3.05) is 31.9 Å².